The third kappa shape index (κ3) is 10.2. The maximum Gasteiger partial charge on any atom is 0.323 e. The number of fused-ring (bicyclic) bond motifs is 1. The lowest BCUT2D eigenvalue weighted by molar-refractivity contribution is -0.00834. The van der Waals surface area contributed by atoms with Gasteiger partial charge in [-0.05, 0) is 99.8 Å². The summed E-state index contributed by atoms with van der Waals surface area (Å²) in [6, 6.07) is 15.1. The first-order valence-corrected chi connectivity index (χ1v) is 18.0. The minimum atomic E-state index is -3.97. The molecule has 3 aromatic carbocycles. The highest BCUT2D eigenvalue weighted by Crippen LogP contribution is 2.29. The van der Waals surface area contributed by atoms with Crippen LogP contribution in [0.1, 0.15) is 50.4 Å². The van der Waals surface area contributed by atoms with E-state index in [1.54, 1.807) is 56.5 Å². The van der Waals surface area contributed by atoms with Crippen LogP contribution in [0.5, 0.6) is 11.5 Å². The van der Waals surface area contributed by atoms with Crippen LogP contribution in [-0.2, 0) is 14.8 Å². The van der Waals surface area contributed by atoms with Crippen molar-refractivity contribution in [2.45, 2.75) is 63.2 Å². The molecule has 0 spiro atoms. The molecule has 0 saturated carbocycles. The van der Waals surface area contributed by atoms with E-state index >= 15 is 0 Å². The molecule has 272 valence electrons. The summed E-state index contributed by atoms with van der Waals surface area (Å²) in [6.45, 7) is 5.59. The van der Waals surface area contributed by atoms with Crippen molar-refractivity contribution in [1.82, 2.24) is 9.21 Å². The third-order valence-corrected chi connectivity index (χ3v) is 10.5. The molecule has 0 unspecified atom stereocenters. The Kier molecular flexibility index (Phi) is 13.6. The molecule has 50 heavy (non-hydrogen) atoms. The Hall–Kier alpha value is -4.24. The molecule has 1 aliphatic heterocycles. The zero-order valence-corrected chi connectivity index (χ0v) is 29.9. The summed E-state index contributed by atoms with van der Waals surface area (Å²) in [7, 11) is -0.976. The monoisotopic (exact) mass is 714 g/mol. The number of ether oxygens (including phenoxy) is 3. The van der Waals surface area contributed by atoms with Gasteiger partial charge in [0.2, 0.25) is 10.0 Å². The number of hydrogen-bond acceptors (Lipinski definition) is 8. The Morgan fingerprint density at radius 3 is 2.38 bits per heavy atom. The van der Waals surface area contributed by atoms with Crippen LogP contribution in [0.2, 0.25) is 0 Å². The zero-order chi connectivity index (χ0) is 36.4. The Morgan fingerprint density at radius 1 is 1.06 bits per heavy atom. The van der Waals surface area contributed by atoms with E-state index in [2.05, 4.69) is 10.6 Å². The molecule has 0 saturated heterocycles. The molecule has 3 N–H and O–H groups in total. The molecule has 0 aromatic heterocycles. The SMILES string of the molecule is COc1ccc(NC(=O)Nc2ccc3c(c2)C(=O)N([C@@H](C)CO)C[C@@H](C)[C@@H](CN(C)S(=O)(=O)c2ccc(F)cc2)OCCCC[C@@H](C)O3)cc1. The van der Waals surface area contributed by atoms with E-state index in [1.165, 1.54) is 28.4 Å². The van der Waals surface area contributed by atoms with Gasteiger partial charge in [0.15, 0.2) is 0 Å². The molecule has 4 rings (SSSR count). The Morgan fingerprint density at radius 2 is 1.72 bits per heavy atom. The Balaban J connectivity index is 1.61. The van der Waals surface area contributed by atoms with Crippen LogP contribution in [0, 0.1) is 11.7 Å². The van der Waals surface area contributed by atoms with Crippen molar-refractivity contribution in [1.29, 1.82) is 0 Å². The number of halogens is 1. The summed E-state index contributed by atoms with van der Waals surface area (Å²) in [6.07, 6.45) is 1.24. The molecule has 3 amide bonds. The second kappa shape index (κ2) is 17.6. The van der Waals surface area contributed by atoms with E-state index < -0.39 is 39.9 Å². The van der Waals surface area contributed by atoms with E-state index in [9.17, 15) is 27.5 Å². The van der Waals surface area contributed by atoms with Crippen LogP contribution < -0.4 is 20.1 Å². The van der Waals surface area contributed by atoms with Gasteiger partial charge in [0.25, 0.3) is 5.91 Å². The molecule has 14 heteroatoms. The van der Waals surface area contributed by atoms with Crippen molar-refractivity contribution < 1.29 is 41.7 Å². The molecular formula is C36H47FN4O8S. The quantitative estimate of drug-likeness (QED) is 0.260. The summed E-state index contributed by atoms with van der Waals surface area (Å²) in [4.78, 5) is 28.7. The molecule has 3 aromatic rings. The van der Waals surface area contributed by atoms with Gasteiger partial charge in [0, 0.05) is 44.0 Å². The van der Waals surface area contributed by atoms with E-state index in [0.717, 1.165) is 18.6 Å². The molecule has 12 nitrogen and oxygen atoms in total. The standard InChI is InChI=1S/C36H47FN4O8S/c1-24-21-41(25(2)23-42)35(43)32-20-29(39-36(44)38-28-11-14-30(47-5)15-12-28)13-18-33(32)49-26(3)8-6-7-19-48-34(24)22-40(4)50(45,46)31-16-9-27(37)10-17-31/h9-18,20,24-26,34,42H,6-8,19,21-23H2,1-5H3,(H2,38,39,44)/t24-,25+,26-,34-/m1/s1. The zero-order valence-electron chi connectivity index (χ0n) is 29.1. The van der Waals surface area contributed by atoms with E-state index in [1.807, 2.05) is 13.8 Å². The van der Waals surface area contributed by atoms with Crippen molar-refractivity contribution in [3.63, 3.8) is 0 Å². The van der Waals surface area contributed by atoms with Crippen LogP contribution in [0.25, 0.3) is 0 Å². The van der Waals surface area contributed by atoms with Crippen LogP contribution in [-0.4, -0.2) is 93.4 Å². The van der Waals surface area contributed by atoms with E-state index in [0.29, 0.717) is 42.3 Å². The lowest BCUT2D eigenvalue weighted by atomic mass is 10.0. The topological polar surface area (TPSA) is 147 Å². The number of anilines is 2. The average Bonchev–Trinajstić information content (AvgIpc) is 3.09. The molecule has 0 bridgehead atoms. The van der Waals surface area contributed by atoms with Gasteiger partial charge in [-0.25, -0.2) is 17.6 Å². The van der Waals surface area contributed by atoms with Gasteiger partial charge >= 0.3 is 6.03 Å². The van der Waals surface area contributed by atoms with E-state index in [-0.39, 0.29) is 42.2 Å². The second-order valence-corrected chi connectivity index (χ2v) is 14.6. The number of methoxy groups -OCH3 is 1. The first-order chi connectivity index (χ1) is 23.8. The van der Waals surface area contributed by atoms with Crippen molar-refractivity contribution in [2.24, 2.45) is 5.92 Å². The van der Waals surface area contributed by atoms with Gasteiger partial charge < -0.3 is 34.9 Å². The summed E-state index contributed by atoms with van der Waals surface area (Å²) < 4.78 is 59.1. The number of amides is 3. The van der Waals surface area contributed by atoms with Crippen molar-refractivity contribution in [3.05, 3.63) is 78.1 Å². The number of benzene rings is 3. The summed E-state index contributed by atoms with van der Waals surface area (Å²) in [5.41, 5.74) is 1.08. The lowest BCUT2D eigenvalue weighted by Crippen LogP contribution is -2.48. The normalized spacial score (nSPS) is 19.9. The Bertz CT molecular complexity index is 1690. The van der Waals surface area contributed by atoms with Gasteiger partial charge in [-0.15, -0.1) is 0 Å². The molecule has 0 radical (unpaired) electrons. The minimum absolute atomic E-state index is 0.0239. The van der Waals surface area contributed by atoms with Crippen molar-refractivity contribution >= 4 is 33.3 Å². The number of nitrogens with zero attached hydrogens (tertiary/aromatic N) is 2. The first kappa shape index (κ1) is 38.6. The number of likely N-dealkylation sites (N-methyl/N-ethyl adjacent to an activating group) is 1. The first-order valence-electron chi connectivity index (χ1n) is 16.6. The average molecular weight is 715 g/mol. The summed E-state index contributed by atoms with van der Waals surface area (Å²) in [5, 5.41) is 15.7. The molecule has 1 heterocycles. The maximum absolute atomic E-state index is 14.4. The predicted octanol–water partition coefficient (Wildman–Crippen LogP) is 5.59. The van der Waals surface area contributed by atoms with Gasteiger partial charge in [-0.3, -0.25) is 4.79 Å². The highest BCUT2D eigenvalue weighted by Gasteiger charge is 2.32. The third-order valence-electron chi connectivity index (χ3n) is 8.62. The molecule has 0 fully saturated rings. The highest BCUT2D eigenvalue weighted by molar-refractivity contribution is 7.89. The number of rotatable bonds is 9. The van der Waals surface area contributed by atoms with Gasteiger partial charge in [-0.1, -0.05) is 6.92 Å². The fourth-order valence-corrected chi connectivity index (χ4v) is 6.75. The molecule has 4 atom stereocenters. The Labute approximate surface area is 293 Å². The van der Waals surface area contributed by atoms with Crippen LogP contribution in [0.3, 0.4) is 0 Å². The number of aliphatic hydroxyl groups excluding tert-OH is 1. The number of hydrogen-bond donors (Lipinski definition) is 3. The number of carbonyl (C=O) groups excluding carboxylic acids is 2. The predicted molar refractivity (Wildman–Crippen MR) is 189 cm³/mol. The van der Waals surface area contributed by atoms with Gasteiger partial charge in [-0.2, -0.15) is 4.31 Å². The minimum Gasteiger partial charge on any atom is -0.497 e. The maximum atomic E-state index is 14.4. The fraction of sp³-hybridized carbons (Fsp3) is 0.444. The molecule has 1 aliphatic rings. The highest BCUT2D eigenvalue weighted by atomic mass is 32.2. The van der Waals surface area contributed by atoms with E-state index in [4.69, 9.17) is 14.2 Å². The summed E-state index contributed by atoms with van der Waals surface area (Å²) >= 11 is 0. The molecular weight excluding hydrogens is 667 g/mol. The van der Waals surface area contributed by atoms with Crippen LogP contribution in [0.4, 0.5) is 20.6 Å². The number of nitrogens with one attached hydrogen (secondary N) is 2. The second-order valence-electron chi connectivity index (χ2n) is 12.6. The largest absolute Gasteiger partial charge is 0.497 e. The van der Waals surface area contributed by atoms with Gasteiger partial charge in [0.1, 0.15) is 17.3 Å². The van der Waals surface area contributed by atoms with Crippen LogP contribution >= 0.6 is 0 Å². The van der Waals surface area contributed by atoms with Gasteiger partial charge in [0.05, 0.1) is 42.4 Å². The number of carbonyl (C=O) groups is 2. The molecule has 0 aliphatic carbocycles. The number of urea groups is 1. The smallest absolute Gasteiger partial charge is 0.323 e. The number of sulfonamides is 1. The van der Waals surface area contributed by atoms with Crippen molar-refractivity contribution in [3.8, 4) is 11.5 Å². The van der Waals surface area contributed by atoms with Crippen LogP contribution in [0.15, 0.2) is 71.6 Å². The summed E-state index contributed by atoms with van der Waals surface area (Å²) in [5.74, 6) is -0.393. The lowest BCUT2D eigenvalue weighted by Gasteiger charge is -2.35. The number of aliphatic hydroxyl groups is 1. The fourth-order valence-electron chi connectivity index (χ4n) is 5.57. The van der Waals surface area contributed by atoms with Crippen molar-refractivity contribution in [2.75, 3.05) is 51.1 Å².